The first-order chi connectivity index (χ1) is 11.7. The topological polar surface area (TPSA) is 49.4 Å². The first-order valence-electron chi connectivity index (χ1n) is 8.21. The SMILES string of the molecule is CCN1C(=O)c2ccccc2Sc2ccc(C(=O)NC3CC3)cc21. The molecule has 122 valence electrons. The van der Waals surface area contributed by atoms with Gasteiger partial charge in [0.25, 0.3) is 11.8 Å². The van der Waals surface area contributed by atoms with Crippen LogP contribution in [-0.4, -0.2) is 24.4 Å². The van der Waals surface area contributed by atoms with Gasteiger partial charge in [0, 0.05) is 27.9 Å². The lowest BCUT2D eigenvalue weighted by molar-refractivity contribution is 0.0947. The summed E-state index contributed by atoms with van der Waals surface area (Å²) in [5, 5.41) is 3.00. The van der Waals surface area contributed by atoms with Crippen LogP contribution in [-0.2, 0) is 0 Å². The zero-order chi connectivity index (χ0) is 16.7. The van der Waals surface area contributed by atoms with Gasteiger partial charge in [-0.1, -0.05) is 23.9 Å². The van der Waals surface area contributed by atoms with Gasteiger partial charge in [0.1, 0.15) is 0 Å². The molecule has 2 aromatic rings. The molecule has 1 heterocycles. The Kier molecular flexibility index (Phi) is 3.81. The maximum Gasteiger partial charge on any atom is 0.259 e. The van der Waals surface area contributed by atoms with Crippen LogP contribution in [0, 0.1) is 0 Å². The average molecular weight is 338 g/mol. The summed E-state index contributed by atoms with van der Waals surface area (Å²) in [5.41, 5.74) is 2.13. The van der Waals surface area contributed by atoms with Gasteiger partial charge in [0.2, 0.25) is 0 Å². The Morgan fingerprint density at radius 1 is 1.21 bits per heavy atom. The van der Waals surface area contributed by atoms with E-state index < -0.39 is 0 Å². The van der Waals surface area contributed by atoms with Crippen molar-refractivity contribution in [1.82, 2.24) is 5.32 Å². The van der Waals surface area contributed by atoms with Crippen molar-refractivity contribution in [3.63, 3.8) is 0 Å². The molecule has 1 aliphatic carbocycles. The van der Waals surface area contributed by atoms with Gasteiger partial charge in [0.15, 0.2) is 0 Å². The summed E-state index contributed by atoms with van der Waals surface area (Å²) in [6, 6.07) is 13.6. The quantitative estimate of drug-likeness (QED) is 0.928. The van der Waals surface area contributed by atoms with Crippen molar-refractivity contribution in [2.24, 2.45) is 0 Å². The number of hydrogen-bond acceptors (Lipinski definition) is 3. The number of hydrogen-bond donors (Lipinski definition) is 1. The number of benzene rings is 2. The van der Waals surface area contributed by atoms with E-state index in [2.05, 4.69) is 5.32 Å². The molecule has 4 rings (SSSR count). The highest BCUT2D eigenvalue weighted by Crippen LogP contribution is 2.41. The predicted octanol–water partition coefficient (Wildman–Crippen LogP) is 3.71. The standard InChI is InChI=1S/C19H18N2O2S/c1-2-21-15-11-12(18(22)20-13-8-9-13)7-10-17(15)24-16-6-4-3-5-14(16)19(21)23/h3-7,10-11,13H,2,8-9H2,1H3,(H,20,22). The molecule has 1 N–H and O–H groups in total. The van der Waals surface area contributed by atoms with Gasteiger partial charge < -0.3 is 10.2 Å². The summed E-state index contributed by atoms with van der Waals surface area (Å²) in [6.45, 7) is 2.52. The van der Waals surface area contributed by atoms with E-state index in [9.17, 15) is 9.59 Å². The van der Waals surface area contributed by atoms with E-state index >= 15 is 0 Å². The molecule has 1 saturated carbocycles. The molecule has 1 fully saturated rings. The smallest absolute Gasteiger partial charge is 0.259 e. The molecule has 0 radical (unpaired) electrons. The Bertz CT molecular complexity index is 830. The van der Waals surface area contributed by atoms with E-state index in [0.717, 1.165) is 28.3 Å². The molecule has 0 saturated heterocycles. The van der Waals surface area contributed by atoms with Crippen molar-refractivity contribution >= 4 is 29.3 Å². The normalized spacial score (nSPS) is 16.2. The number of nitrogens with zero attached hydrogens (tertiary/aromatic N) is 1. The molecule has 0 aromatic heterocycles. The molecule has 0 spiro atoms. The second-order valence-electron chi connectivity index (χ2n) is 6.08. The molecule has 1 aliphatic heterocycles. The van der Waals surface area contributed by atoms with Crippen molar-refractivity contribution in [3.05, 3.63) is 53.6 Å². The van der Waals surface area contributed by atoms with Gasteiger partial charge >= 0.3 is 0 Å². The Morgan fingerprint density at radius 3 is 2.75 bits per heavy atom. The molecule has 5 heteroatoms. The van der Waals surface area contributed by atoms with Crippen LogP contribution in [0.15, 0.2) is 52.3 Å². The van der Waals surface area contributed by atoms with E-state index in [0.29, 0.717) is 23.7 Å². The van der Waals surface area contributed by atoms with Crippen molar-refractivity contribution in [1.29, 1.82) is 0 Å². The highest BCUT2D eigenvalue weighted by Gasteiger charge is 2.28. The minimum Gasteiger partial charge on any atom is -0.349 e. The van der Waals surface area contributed by atoms with E-state index in [1.54, 1.807) is 16.7 Å². The average Bonchev–Trinajstić information content (AvgIpc) is 3.41. The number of carbonyl (C=O) groups excluding carboxylic acids is 2. The van der Waals surface area contributed by atoms with E-state index in [-0.39, 0.29) is 11.8 Å². The molecule has 0 bridgehead atoms. The van der Waals surface area contributed by atoms with Crippen molar-refractivity contribution in [2.45, 2.75) is 35.6 Å². The largest absolute Gasteiger partial charge is 0.349 e. The summed E-state index contributed by atoms with van der Waals surface area (Å²) >= 11 is 1.58. The van der Waals surface area contributed by atoms with Gasteiger partial charge in [-0.2, -0.15) is 0 Å². The summed E-state index contributed by atoms with van der Waals surface area (Å²) in [4.78, 5) is 29.0. The minimum atomic E-state index is -0.0597. The van der Waals surface area contributed by atoms with Crippen LogP contribution in [0.25, 0.3) is 0 Å². The Balaban J connectivity index is 1.76. The van der Waals surface area contributed by atoms with Gasteiger partial charge in [0.05, 0.1) is 11.3 Å². The molecule has 24 heavy (non-hydrogen) atoms. The van der Waals surface area contributed by atoms with Crippen molar-refractivity contribution in [2.75, 3.05) is 11.4 Å². The number of carbonyl (C=O) groups is 2. The Labute approximate surface area is 145 Å². The first-order valence-corrected chi connectivity index (χ1v) is 9.02. The molecule has 4 nitrogen and oxygen atoms in total. The summed E-state index contributed by atoms with van der Waals surface area (Å²) in [5.74, 6) is -0.0744. The second kappa shape index (κ2) is 5.98. The van der Waals surface area contributed by atoms with Crippen LogP contribution in [0.3, 0.4) is 0 Å². The van der Waals surface area contributed by atoms with Crippen LogP contribution >= 0.6 is 11.8 Å². The van der Waals surface area contributed by atoms with Crippen LogP contribution in [0.1, 0.15) is 40.5 Å². The highest BCUT2D eigenvalue weighted by molar-refractivity contribution is 7.99. The molecule has 0 atom stereocenters. The van der Waals surface area contributed by atoms with Crippen LogP contribution in [0.4, 0.5) is 5.69 Å². The van der Waals surface area contributed by atoms with Crippen LogP contribution in [0.5, 0.6) is 0 Å². The molecule has 2 aromatic carbocycles. The van der Waals surface area contributed by atoms with Crippen LogP contribution < -0.4 is 10.2 Å². The lowest BCUT2D eigenvalue weighted by atomic mass is 10.1. The third-order valence-electron chi connectivity index (χ3n) is 4.32. The molecular formula is C19H18N2O2S. The van der Waals surface area contributed by atoms with E-state index in [4.69, 9.17) is 0 Å². The molecule has 0 unspecified atom stereocenters. The van der Waals surface area contributed by atoms with Gasteiger partial charge in [-0.3, -0.25) is 9.59 Å². The third-order valence-corrected chi connectivity index (χ3v) is 5.46. The minimum absolute atomic E-state index is 0.0147. The fourth-order valence-corrected chi connectivity index (χ4v) is 3.93. The lowest BCUT2D eigenvalue weighted by Gasteiger charge is -2.21. The molecular weight excluding hydrogens is 320 g/mol. The summed E-state index contributed by atoms with van der Waals surface area (Å²) in [7, 11) is 0. The number of anilines is 1. The van der Waals surface area contributed by atoms with Gasteiger partial charge in [-0.05, 0) is 50.1 Å². The Hall–Kier alpha value is -2.27. The van der Waals surface area contributed by atoms with E-state index in [1.165, 1.54) is 0 Å². The summed E-state index contributed by atoms with van der Waals surface area (Å²) < 4.78 is 0. The zero-order valence-corrected chi connectivity index (χ0v) is 14.2. The fourth-order valence-electron chi connectivity index (χ4n) is 2.87. The van der Waals surface area contributed by atoms with E-state index in [1.807, 2.05) is 49.4 Å². The monoisotopic (exact) mass is 338 g/mol. The molecule has 2 amide bonds. The first kappa shape index (κ1) is 15.3. The maximum atomic E-state index is 12.9. The van der Waals surface area contributed by atoms with Gasteiger partial charge in [-0.25, -0.2) is 0 Å². The predicted molar refractivity (Wildman–Crippen MR) is 94.8 cm³/mol. The lowest BCUT2D eigenvalue weighted by Crippen LogP contribution is -2.31. The number of nitrogens with one attached hydrogen (secondary N) is 1. The van der Waals surface area contributed by atoms with Gasteiger partial charge in [-0.15, -0.1) is 0 Å². The zero-order valence-electron chi connectivity index (χ0n) is 13.4. The molecule has 2 aliphatic rings. The Morgan fingerprint density at radius 2 is 2.00 bits per heavy atom. The number of rotatable bonds is 3. The highest BCUT2D eigenvalue weighted by atomic mass is 32.2. The number of amides is 2. The third kappa shape index (κ3) is 2.69. The number of fused-ring (bicyclic) bond motifs is 2. The fraction of sp³-hybridized carbons (Fsp3) is 0.263. The maximum absolute atomic E-state index is 12.9. The summed E-state index contributed by atoms with van der Waals surface area (Å²) in [6.07, 6.45) is 2.11. The second-order valence-corrected chi connectivity index (χ2v) is 7.16. The van der Waals surface area contributed by atoms with Crippen molar-refractivity contribution in [3.8, 4) is 0 Å². The van der Waals surface area contributed by atoms with Crippen molar-refractivity contribution < 1.29 is 9.59 Å². The van der Waals surface area contributed by atoms with Crippen LogP contribution in [0.2, 0.25) is 0 Å².